The first-order valence-corrected chi connectivity index (χ1v) is 11.4. The highest BCUT2D eigenvalue weighted by atomic mass is 28.3. The molecule has 1 aliphatic rings. The Morgan fingerprint density at radius 2 is 1.15 bits per heavy atom. The molecule has 0 radical (unpaired) electrons. The van der Waals surface area contributed by atoms with E-state index >= 15 is 0 Å². The Bertz CT molecular complexity index is 954. The summed E-state index contributed by atoms with van der Waals surface area (Å²) in [5.41, 5.74) is 7.25. The minimum Gasteiger partial charge on any atom is -0.0689 e. The predicted octanol–water partition coefficient (Wildman–Crippen LogP) is 5.07. The molecule has 0 saturated carbocycles. The fourth-order valence-corrected chi connectivity index (χ4v) is 7.80. The molecular weight excluding hydrogens is 340 g/mol. The van der Waals surface area contributed by atoms with Crippen LogP contribution in [0, 0.1) is 6.92 Å². The molecule has 0 atom stereocenters. The van der Waals surface area contributed by atoms with Crippen LogP contribution < -0.4 is 10.4 Å². The Kier molecular flexibility index (Phi) is 4.96. The van der Waals surface area contributed by atoms with E-state index in [1.54, 1.807) is 10.8 Å². The zero-order valence-electron chi connectivity index (χ0n) is 16.4. The van der Waals surface area contributed by atoms with Gasteiger partial charge in [0.1, 0.15) is 8.80 Å². The summed E-state index contributed by atoms with van der Waals surface area (Å²) < 4.78 is 0. The van der Waals surface area contributed by atoms with Crippen molar-refractivity contribution in [3.63, 3.8) is 0 Å². The zero-order chi connectivity index (χ0) is 18.8. The molecule has 0 spiro atoms. The molecule has 0 N–H and O–H groups in total. The third kappa shape index (κ3) is 3.48. The number of aryl methyl sites for hydroxylation is 1. The normalized spacial score (nSPS) is 14.4. The first-order chi connectivity index (χ1) is 13.1. The number of hydrogen-bond acceptors (Lipinski definition) is 0. The van der Waals surface area contributed by atoms with Crippen molar-refractivity contribution in [1.29, 1.82) is 0 Å². The number of allylic oxidation sites excluding steroid dienone is 4. The molecular formula is C26H26Si. The molecule has 0 saturated heterocycles. The molecule has 0 amide bonds. The lowest BCUT2D eigenvalue weighted by atomic mass is 10.00. The summed E-state index contributed by atoms with van der Waals surface area (Å²) >= 11 is 0. The summed E-state index contributed by atoms with van der Waals surface area (Å²) in [5, 5.41) is 4.63. The Morgan fingerprint density at radius 1 is 0.630 bits per heavy atom. The van der Waals surface area contributed by atoms with E-state index in [2.05, 4.69) is 106 Å². The van der Waals surface area contributed by atoms with Crippen LogP contribution in [-0.2, 0) is 0 Å². The Balaban J connectivity index is 1.84. The van der Waals surface area contributed by atoms with Crippen molar-refractivity contribution >= 4 is 24.7 Å². The highest BCUT2D eigenvalue weighted by Gasteiger charge is 2.29. The van der Waals surface area contributed by atoms with Crippen LogP contribution in [0.3, 0.4) is 0 Å². The summed E-state index contributed by atoms with van der Waals surface area (Å²) in [4.78, 5) is 0. The zero-order valence-corrected chi connectivity index (χ0v) is 17.5. The molecule has 0 bridgehead atoms. The summed E-state index contributed by atoms with van der Waals surface area (Å²) in [6.45, 7) is 6.83. The van der Waals surface area contributed by atoms with Gasteiger partial charge in [-0.2, -0.15) is 0 Å². The van der Waals surface area contributed by atoms with Crippen LogP contribution in [0.4, 0.5) is 0 Å². The highest BCUT2D eigenvalue weighted by molar-refractivity contribution is 6.91. The van der Waals surface area contributed by atoms with Crippen molar-refractivity contribution in [3.8, 4) is 0 Å². The lowest BCUT2D eigenvalue weighted by Gasteiger charge is -2.21. The predicted molar refractivity (Wildman–Crippen MR) is 120 cm³/mol. The molecule has 3 aromatic rings. The van der Waals surface area contributed by atoms with Gasteiger partial charge >= 0.3 is 0 Å². The van der Waals surface area contributed by atoms with Crippen LogP contribution >= 0.6 is 0 Å². The van der Waals surface area contributed by atoms with Gasteiger partial charge in [0.2, 0.25) is 0 Å². The fraction of sp³-hybridized carbons (Fsp3) is 0.154. The largest absolute Gasteiger partial charge is 0.133 e. The maximum atomic E-state index is 2.34. The molecule has 0 nitrogen and oxygen atoms in total. The molecule has 1 heteroatoms. The van der Waals surface area contributed by atoms with E-state index in [1.807, 2.05) is 0 Å². The number of rotatable bonds is 4. The minimum atomic E-state index is -1.47. The van der Waals surface area contributed by atoms with Gasteiger partial charge < -0.3 is 0 Å². The van der Waals surface area contributed by atoms with E-state index in [0.29, 0.717) is 0 Å². The van der Waals surface area contributed by atoms with E-state index in [4.69, 9.17) is 0 Å². The van der Waals surface area contributed by atoms with E-state index in [9.17, 15) is 0 Å². The number of hydrogen-bond donors (Lipinski definition) is 0. The standard InChI is InChI=1S/C26H26Si/c1-19-14-16-22(17-15-19)25-18-20(2)26(21(25)3)27(23-10-6-4-7-11-23)24-12-8-5-9-13-24/h4-17,27H,18H2,1-3H3. The van der Waals surface area contributed by atoms with Crippen LogP contribution in [-0.4, -0.2) is 8.80 Å². The first kappa shape index (κ1) is 17.8. The van der Waals surface area contributed by atoms with Gasteiger partial charge in [-0.15, -0.1) is 0 Å². The van der Waals surface area contributed by atoms with Crippen LogP contribution in [0.5, 0.6) is 0 Å². The highest BCUT2D eigenvalue weighted by Crippen LogP contribution is 2.39. The van der Waals surface area contributed by atoms with E-state index in [-0.39, 0.29) is 0 Å². The van der Waals surface area contributed by atoms with Crippen molar-refractivity contribution < 1.29 is 0 Å². The van der Waals surface area contributed by atoms with Crippen LogP contribution in [0.25, 0.3) is 5.57 Å². The van der Waals surface area contributed by atoms with E-state index < -0.39 is 8.80 Å². The molecule has 3 aromatic carbocycles. The first-order valence-electron chi connectivity index (χ1n) is 9.72. The van der Waals surface area contributed by atoms with Gasteiger partial charge in [-0.3, -0.25) is 0 Å². The van der Waals surface area contributed by atoms with Crippen molar-refractivity contribution in [2.45, 2.75) is 27.2 Å². The molecule has 134 valence electrons. The van der Waals surface area contributed by atoms with Gasteiger partial charge in [-0.1, -0.05) is 112 Å². The summed E-state index contributed by atoms with van der Waals surface area (Å²) in [5.74, 6) is 0. The topological polar surface area (TPSA) is 0 Å². The molecule has 0 aliphatic heterocycles. The molecule has 1 aliphatic carbocycles. The van der Waals surface area contributed by atoms with Gasteiger partial charge in [-0.25, -0.2) is 0 Å². The van der Waals surface area contributed by atoms with E-state index in [1.165, 1.54) is 32.6 Å². The molecule has 27 heavy (non-hydrogen) atoms. The third-order valence-corrected chi connectivity index (χ3v) is 9.32. The van der Waals surface area contributed by atoms with Gasteiger partial charge in [-0.05, 0) is 43.9 Å². The lowest BCUT2D eigenvalue weighted by Crippen LogP contribution is -2.44. The van der Waals surface area contributed by atoms with Gasteiger partial charge in [0.25, 0.3) is 0 Å². The second-order valence-corrected chi connectivity index (χ2v) is 10.4. The molecule has 0 unspecified atom stereocenters. The van der Waals surface area contributed by atoms with Gasteiger partial charge in [0.05, 0.1) is 0 Å². The molecule has 4 rings (SSSR count). The Labute approximate surface area is 164 Å². The monoisotopic (exact) mass is 366 g/mol. The van der Waals surface area contributed by atoms with Gasteiger partial charge in [0, 0.05) is 0 Å². The average molecular weight is 367 g/mol. The smallest absolute Gasteiger partial charge is 0.0689 e. The quantitative estimate of drug-likeness (QED) is 0.566. The van der Waals surface area contributed by atoms with Crippen LogP contribution in [0.2, 0.25) is 0 Å². The average Bonchev–Trinajstić information content (AvgIpc) is 2.99. The maximum Gasteiger partial charge on any atom is 0.133 e. The van der Waals surface area contributed by atoms with Crippen molar-refractivity contribution in [1.82, 2.24) is 0 Å². The maximum absolute atomic E-state index is 2.34. The van der Waals surface area contributed by atoms with Crippen LogP contribution in [0.1, 0.15) is 31.4 Å². The van der Waals surface area contributed by atoms with Crippen molar-refractivity contribution in [3.05, 3.63) is 112 Å². The fourth-order valence-electron chi connectivity index (χ4n) is 4.33. The summed E-state index contributed by atoms with van der Waals surface area (Å²) in [6, 6.07) is 31.3. The van der Waals surface area contributed by atoms with Crippen LogP contribution in [0.15, 0.2) is 101 Å². The summed E-state index contributed by atoms with van der Waals surface area (Å²) in [7, 11) is -1.47. The second kappa shape index (κ2) is 7.54. The lowest BCUT2D eigenvalue weighted by molar-refractivity contribution is 1.25. The molecule has 0 aromatic heterocycles. The van der Waals surface area contributed by atoms with Gasteiger partial charge in [0.15, 0.2) is 0 Å². The second-order valence-electron chi connectivity index (χ2n) is 7.59. The Morgan fingerprint density at radius 3 is 1.67 bits per heavy atom. The SMILES string of the molecule is CC1=C([SiH](c2ccccc2)c2ccccc2)C(C)=C(c2ccc(C)cc2)C1. The van der Waals surface area contributed by atoms with E-state index in [0.717, 1.165) is 6.42 Å². The van der Waals surface area contributed by atoms with Crippen molar-refractivity contribution in [2.75, 3.05) is 0 Å². The Hall–Kier alpha value is -2.64. The van der Waals surface area contributed by atoms with Crippen molar-refractivity contribution in [2.24, 2.45) is 0 Å². The third-order valence-electron chi connectivity index (χ3n) is 5.71. The molecule has 0 heterocycles. The summed E-state index contributed by atoms with van der Waals surface area (Å²) in [6.07, 6.45) is 1.08. The number of benzene rings is 3. The minimum absolute atomic E-state index is 1.08. The molecule has 0 fully saturated rings.